The van der Waals surface area contributed by atoms with Gasteiger partial charge in [-0.2, -0.15) is 0 Å². The first kappa shape index (κ1) is 21.5. The molecule has 158 valence electrons. The van der Waals surface area contributed by atoms with Gasteiger partial charge in [-0.1, -0.05) is 20.8 Å². The number of amides is 1. The van der Waals surface area contributed by atoms with Crippen LogP contribution in [0.3, 0.4) is 0 Å². The number of ether oxygens (including phenoxy) is 1. The molecule has 0 bridgehead atoms. The molecular formula is C20H28FN3O4Si. The van der Waals surface area contributed by atoms with Gasteiger partial charge in [0, 0.05) is 6.20 Å². The molecule has 1 N–H and O–H groups in total. The van der Waals surface area contributed by atoms with Crippen LogP contribution in [0, 0.1) is 5.82 Å². The number of aliphatic hydroxyl groups excluding tert-OH is 1. The van der Waals surface area contributed by atoms with Crippen LogP contribution >= 0.6 is 0 Å². The Bertz CT molecular complexity index is 894. The van der Waals surface area contributed by atoms with Crippen molar-refractivity contribution in [2.75, 3.05) is 18.1 Å². The minimum Gasteiger partial charge on any atom is -0.441 e. The van der Waals surface area contributed by atoms with Crippen LogP contribution in [0.5, 0.6) is 0 Å². The fourth-order valence-corrected chi connectivity index (χ4v) is 3.68. The van der Waals surface area contributed by atoms with E-state index >= 15 is 0 Å². The standard InChI is InChI=1S/C20H28FN3O4Si/c1-20(2,3)29(4,5)27-12-14-9-23(13-22-14)18-7-6-15(8-17(18)21)24-10-16(11-25)28-19(24)26/h6-9,13,16,25H,10-12H2,1-5H3. The molecule has 7 nitrogen and oxygen atoms in total. The van der Waals surface area contributed by atoms with Crippen LogP contribution in [0.2, 0.25) is 18.1 Å². The maximum atomic E-state index is 14.7. The van der Waals surface area contributed by atoms with Crippen molar-refractivity contribution < 1.29 is 23.5 Å². The van der Waals surface area contributed by atoms with Crippen LogP contribution < -0.4 is 4.90 Å². The average molecular weight is 422 g/mol. The lowest BCUT2D eigenvalue weighted by Gasteiger charge is -2.35. The van der Waals surface area contributed by atoms with E-state index in [1.165, 1.54) is 11.0 Å². The maximum absolute atomic E-state index is 14.7. The molecular weight excluding hydrogens is 393 g/mol. The lowest BCUT2D eigenvalue weighted by Crippen LogP contribution is -2.40. The molecule has 0 saturated carbocycles. The Kier molecular flexibility index (Phi) is 5.84. The largest absolute Gasteiger partial charge is 0.441 e. The Morgan fingerprint density at radius 3 is 2.69 bits per heavy atom. The smallest absolute Gasteiger partial charge is 0.414 e. The number of benzene rings is 1. The van der Waals surface area contributed by atoms with E-state index in [1.807, 2.05) is 0 Å². The van der Waals surface area contributed by atoms with E-state index in [1.54, 1.807) is 29.2 Å². The average Bonchev–Trinajstić information content (AvgIpc) is 3.25. The third-order valence-electron chi connectivity index (χ3n) is 5.62. The number of halogens is 1. The maximum Gasteiger partial charge on any atom is 0.414 e. The number of hydrogen-bond donors (Lipinski definition) is 1. The van der Waals surface area contributed by atoms with E-state index in [-0.39, 0.29) is 18.2 Å². The number of aromatic nitrogens is 2. The number of cyclic esters (lactones) is 1. The van der Waals surface area contributed by atoms with Crippen molar-refractivity contribution in [2.24, 2.45) is 0 Å². The fraction of sp³-hybridized carbons (Fsp3) is 0.500. The highest BCUT2D eigenvalue weighted by atomic mass is 28.4. The van der Waals surface area contributed by atoms with Gasteiger partial charge < -0.3 is 18.8 Å². The molecule has 9 heteroatoms. The van der Waals surface area contributed by atoms with Gasteiger partial charge in [-0.3, -0.25) is 4.90 Å². The summed E-state index contributed by atoms with van der Waals surface area (Å²) in [5, 5.41) is 9.24. The normalized spacial score (nSPS) is 17.7. The molecule has 2 aromatic rings. The van der Waals surface area contributed by atoms with Gasteiger partial charge in [0.1, 0.15) is 11.9 Å². The summed E-state index contributed by atoms with van der Waals surface area (Å²) < 4.78 is 27.5. The summed E-state index contributed by atoms with van der Waals surface area (Å²) >= 11 is 0. The Hall–Kier alpha value is -2.23. The van der Waals surface area contributed by atoms with Crippen molar-refractivity contribution in [2.45, 2.75) is 51.6 Å². The van der Waals surface area contributed by atoms with Gasteiger partial charge in [0.25, 0.3) is 0 Å². The van der Waals surface area contributed by atoms with E-state index in [4.69, 9.17) is 14.3 Å². The van der Waals surface area contributed by atoms with E-state index in [0.29, 0.717) is 18.0 Å². The minimum absolute atomic E-state index is 0.100. The first-order valence-corrected chi connectivity index (χ1v) is 12.5. The van der Waals surface area contributed by atoms with Crippen LogP contribution in [0.15, 0.2) is 30.7 Å². The third kappa shape index (κ3) is 4.52. The van der Waals surface area contributed by atoms with Crippen LogP contribution in [-0.2, 0) is 15.8 Å². The lowest BCUT2D eigenvalue weighted by molar-refractivity contribution is 0.0963. The second-order valence-corrected chi connectivity index (χ2v) is 13.6. The van der Waals surface area contributed by atoms with Crippen molar-refractivity contribution in [3.63, 3.8) is 0 Å². The molecule has 1 aromatic carbocycles. The second-order valence-electron chi connectivity index (χ2n) is 8.76. The van der Waals surface area contributed by atoms with Gasteiger partial charge in [0.2, 0.25) is 0 Å². The molecule has 1 aliphatic rings. The van der Waals surface area contributed by atoms with Crippen LogP contribution in [0.25, 0.3) is 5.69 Å². The van der Waals surface area contributed by atoms with Crippen LogP contribution in [0.1, 0.15) is 26.5 Å². The van der Waals surface area contributed by atoms with Gasteiger partial charge in [0.05, 0.1) is 43.2 Å². The summed E-state index contributed by atoms with van der Waals surface area (Å²) in [7, 11) is -1.90. The summed E-state index contributed by atoms with van der Waals surface area (Å²) in [5.74, 6) is -0.489. The van der Waals surface area contributed by atoms with Gasteiger partial charge in [0.15, 0.2) is 8.32 Å². The first-order valence-electron chi connectivity index (χ1n) is 9.57. The number of carbonyl (C=O) groups is 1. The predicted octanol–water partition coefficient (Wildman–Crippen LogP) is 3.85. The number of nitrogens with zero attached hydrogens (tertiary/aromatic N) is 3. The molecule has 29 heavy (non-hydrogen) atoms. The van der Waals surface area contributed by atoms with Crippen molar-refractivity contribution in [1.82, 2.24) is 9.55 Å². The van der Waals surface area contributed by atoms with Gasteiger partial charge >= 0.3 is 6.09 Å². The Morgan fingerprint density at radius 1 is 1.38 bits per heavy atom. The Morgan fingerprint density at radius 2 is 2.10 bits per heavy atom. The highest BCUT2D eigenvalue weighted by molar-refractivity contribution is 6.74. The molecule has 0 aliphatic carbocycles. The van der Waals surface area contributed by atoms with Crippen molar-refractivity contribution in [1.29, 1.82) is 0 Å². The fourth-order valence-electron chi connectivity index (χ4n) is 2.74. The van der Waals surface area contributed by atoms with E-state index in [9.17, 15) is 9.18 Å². The summed E-state index contributed by atoms with van der Waals surface area (Å²) in [6, 6.07) is 4.51. The van der Waals surface area contributed by atoms with Gasteiger partial charge in [-0.15, -0.1) is 0 Å². The Labute approximate surface area is 171 Å². The highest BCUT2D eigenvalue weighted by Gasteiger charge is 2.37. The molecule has 1 aromatic heterocycles. The molecule has 1 atom stereocenters. The predicted molar refractivity (Wildman–Crippen MR) is 110 cm³/mol. The molecule has 0 spiro atoms. The summed E-state index contributed by atoms with van der Waals surface area (Å²) in [6.07, 6.45) is 2.11. The molecule has 1 saturated heterocycles. The number of imidazole rings is 1. The number of aliphatic hydroxyl groups is 1. The number of carbonyl (C=O) groups excluding carboxylic acids is 1. The zero-order valence-electron chi connectivity index (χ0n) is 17.5. The molecule has 1 amide bonds. The lowest BCUT2D eigenvalue weighted by atomic mass is 10.2. The van der Waals surface area contributed by atoms with E-state index in [0.717, 1.165) is 5.69 Å². The minimum atomic E-state index is -1.90. The number of rotatable bonds is 6. The summed E-state index contributed by atoms with van der Waals surface area (Å²) in [4.78, 5) is 17.5. The van der Waals surface area contributed by atoms with Gasteiger partial charge in [-0.05, 0) is 36.3 Å². The molecule has 3 rings (SSSR count). The van der Waals surface area contributed by atoms with Crippen molar-refractivity contribution in [3.05, 3.63) is 42.2 Å². The van der Waals surface area contributed by atoms with Crippen LogP contribution in [0.4, 0.5) is 14.9 Å². The zero-order chi connectivity index (χ0) is 21.4. The number of hydrogen-bond acceptors (Lipinski definition) is 5. The molecule has 0 radical (unpaired) electrons. The van der Waals surface area contributed by atoms with Crippen molar-refractivity contribution in [3.8, 4) is 5.69 Å². The Balaban J connectivity index is 1.73. The molecule has 1 aliphatic heterocycles. The first-order chi connectivity index (χ1) is 13.5. The summed E-state index contributed by atoms with van der Waals surface area (Å²) in [6.45, 7) is 11.2. The third-order valence-corrected chi connectivity index (χ3v) is 10.1. The SMILES string of the molecule is CC(C)(C)[Si](C)(C)OCc1cn(-c2ccc(N3CC(CO)OC3=O)cc2F)cn1. The van der Waals surface area contributed by atoms with Gasteiger partial charge in [-0.25, -0.2) is 14.2 Å². The number of anilines is 1. The molecule has 1 unspecified atom stereocenters. The molecule has 2 heterocycles. The topological polar surface area (TPSA) is 76.8 Å². The monoisotopic (exact) mass is 421 g/mol. The van der Waals surface area contributed by atoms with E-state index in [2.05, 4.69) is 38.8 Å². The highest BCUT2D eigenvalue weighted by Crippen LogP contribution is 2.37. The zero-order valence-corrected chi connectivity index (χ0v) is 18.5. The quantitative estimate of drug-likeness (QED) is 0.717. The molecule has 1 fully saturated rings. The van der Waals surface area contributed by atoms with E-state index < -0.39 is 26.3 Å². The summed E-state index contributed by atoms with van der Waals surface area (Å²) in [5.41, 5.74) is 1.44. The van der Waals surface area contributed by atoms with Crippen LogP contribution in [-0.4, -0.2) is 48.3 Å². The van der Waals surface area contributed by atoms with Crippen molar-refractivity contribution >= 4 is 20.1 Å². The second kappa shape index (κ2) is 7.89.